The van der Waals surface area contributed by atoms with Crippen LogP contribution in [0.2, 0.25) is 0 Å². The molecule has 0 aromatic carbocycles. The molecule has 0 spiro atoms. The second kappa shape index (κ2) is 7.53. The molecule has 1 atom stereocenters. The Hall–Kier alpha value is 0.270. The van der Waals surface area contributed by atoms with E-state index in [-0.39, 0.29) is 0 Å². The molecule has 1 heterocycles. The first-order valence-electron chi connectivity index (χ1n) is 6.20. The van der Waals surface area contributed by atoms with Crippen molar-refractivity contribution in [1.82, 2.24) is 10.2 Å². The minimum atomic E-state index is 0.624. The smallest absolute Gasteiger partial charge is 0.0221 e. The summed E-state index contributed by atoms with van der Waals surface area (Å²) >= 11 is 1.96. The van der Waals surface area contributed by atoms with E-state index < -0.39 is 0 Å². The van der Waals surface area contributed by atoms with Crippen molar-refractivity contribution in [2.24, 2.45) is 0 Å². The second-order valence-corrected chi connectivity index (χ2v) is 5.73. The predicted octanol–water partition coefficient (Wildman–Crippen LogP) is 2.20. The SMILES string of the molecule is CSCCCN1CCCC1CNC(C)C. The van der Waals surface area contributed by atoms with E-state index >= 15 is 0 Å². The van der Waals surface area contributed by atoms with E-state index in [1.807, 2.05) is 11.8 Å². The van der Waals surface area contributed by atoms with E-state index in [4.69, 9.17) is 0 Å². The molecule has 0 bridgehead atoms. The van der Waals surface area contributed by atoms with E-state index in [1.165, 1.54) is 44.6 Å². The lowest BCUT2D eigenvalue weighted by Crippen LogP contribution is -2.40. The molecule has 1 unspecified atom stereocenters. The Labute approximate surface area is 99.2 Å². The topological polar surface area (TPSA) is 15.3 Å². The van der Waals surface area contributed by atoms with E-state index in [1.54, 1.807) is 0 Å². The van der Waals surface area contributed by atoms with E-state index in [0.717, 1.165) is 6.04 Å². The van der Waals surface area contributed by atoms with Gasteiger partial charge in [0, 0.05) is 18.6 Å². The van der Waals surface area contributed by atoms with E-state index in [0.29, 0.717) is 6.04 Å². The Morgan fingerprint density at radius 3 is 2.93 bits per heavy atom. The van der Waals surface area contributed by atoms with Crippen LogP contribution in [0.3, 0.4) is 0 Å². The first-order chi connectivity index (χ1) is 7.24. The molecular formula is C12H26N2S. The van der Waals surface area contributed by atoms with Crippen molar-refractivity contribution in [3.8, 4) is 0 Å². The van der Waals surface area contributed by atoms with Crippen molar-refractivity contribution < 1.29 is 0 Å². The number of nitrogens with one attached hydrogen (secondary N) is 1. The van der Waals surface area contributed by atoms with Gasteiger partial charge in [0.2, 0.25) is 0 Å². The van der Waals surface area contributed by atoms with Crippen LogP contribution in [0.15, 0.2) is 0 Å². The predicted molar refractivity (Wildman–Crippen MR) is 70.7 cm³/mol. The van der Waals surface area contributed by atoms with Gasteiger partial charge in [0.05, 0.1) is 0 Å². The summed E-state index contributed by atoms with van der Waals surface area (Å²) in [4.78, 5) is 2.67. The fraction of sp³-hybridized carbons (Fsp3) is 1.00. The van der Waals surface area contributed by atoms with Crippen molar-refractivity contribution in [1.29, 1.82) is 0 Å². The van der Waals surface area contributed by atoms with Gasteiger partial charge in [-0.15, -0.1) is 0 Å². The molecular weight excluding hydrogens is 204 g/mol. The van der Waals surface area contributed by atoms with Gasteiger partial charge >= 0.3 is 0 Å². The van der Waals surface area contributed by atoms with Crippen LogP contribution < -0.4 is 5.32 Å². The first-order valence-corrected chi connectivity index (χ1v) is 7.59. The van der Waals surface area contributed by atoms with Crippen LogP contribution in [0.1, 0.15) is 33.1 Å². The molecule has 1 aliphatic rings. The van der Waals surface area contributed by atoms with Crippen LogP contribution in [-0.2, 0) is 0 Å². The molecule has 1 N–H and O–H groups in total. The summed E-state index contributed by atoms with van der Waals surface area (Å²) in [6.45, 7) is 8.25. The molecule has 15 heavy (non-hydrogen) atoms. The zero-order valence-electron chi connectivity index (χ0n) is 10.5. The maximum atomic E-state index is 3.56. The lowest BCUT2D eigenvalue weighted by atomic mass is 10.2. The molecule has 0 saturated carbocycles. The molecule has 1 saturated heterocycles. The maximum Gasteiger partial charge on any atom is 0.0221 e. The second-order valence-electron chi connectivity index (χ2n) is 4.74. The summed E-state index contributed by atoms with van der Waals surface area (Å²) in [6.07, 6.45) is 6.32. The molecule has 0 amide bonds. The van der Waals surface area contributed by atoms with Gasteiger partial charge in [0.15, 0.2) is 0 Å². The Bertz CT molecular complexity index is 162. The number of thioether (sulfide) groups is 1. The van der Waals surface area contributed by atoms with Gasteiger partial charge in [0.1, 0.15) is 0 Å². The zero-order chi connectivity index (χ0) is 11.1. The van der Waals surface area contributed by atoms with Crippen molar-refractivity contribution in [3.63, 3.8) is 0 Å². The van der Waals surface area contributed by atoms with Gasteiger partial charge in [-0.3, -0.25) is 4.90 Å². The largest absolute Gasteiger partial charge is 0.313 e. The minimum absolute atomic E-state index is 0.624. The van der Waals surface area contributed by atoms with E-state index in [2.05, 4.69) is 30.3 Å². The molecule has 1 fully saturated rings. The van der Waals surface area contributed by atoms with E-state index in [9.17, 15) is 0 Å². The molecule has 3 heteroatoms. The monoisotopic (exact) mass is 230 g/mol. The van der Waals surface area contributed by atoms with Gasteiger partial charge in [0.25, 0.3) is 0 Å². The van der Waals surface area contributed by atoms with Gasteiger partial charge in [-0.2, -0.15) is 11.8 Å². The number of hydrogen-bond donors (Lipinski definition) is 1. The third kappa shape index (κ3) is 5.23. The summed E-state index contributed by atoms with van der Waals surface area (Å²) in [5, 5.41) is 3.56. The molecule has 90 valence electrons. The number of rotatable bonds is 7. The summed E-state index contributed by atoms with van der Waals surface area (Å²) in [5.41, 5.74) is 0. The lowest BCUT2D eigenvalue weighted by molar-refractivity contribution is 0.245. The molecule has 1 aliphatic heterocycles. The normalized spacial score (nSPS) is 22.8. The molecule has 0 aromatic rings. The van der Waals surface area contributed by atoms with Gasteiger partial charge < -0.3 is 5.32 Å². The summed E-state index contributed by atoms with van der Waals surface area (Å²) in [5.74, 6) is 1.31. The van der Waals surface area contributed by atoms with Crippen LogP contribution in [0.25, 0.3) is 0 Å². The first kappa shape index (κ1) is 13.3. The lowest BCUT2D eigenvalue weighted by Gasteiger charge is -2.25. The third-order valence-corrected chi connectivity index (χ3v) is 3.75. The van der Waals surface area contributed by atoms with Crippen molar-refractivity contribution in [2.75, 3.05) is 31.6 Å². The highest BCUT2D eigenvalue weighted by Crippen LogP contribution is 2.17. The van der Waals surface area contributed by atoms with Crippen molar-refractivity contribution in [2.45, 2.75) is 45.2 Å². The standard InChI is InChI=1S/C12H26N2S/c1-11(2)13-10-12-6-4-7-14(12)8-5-9-15-3/h11-13H,4-10H2,1-3H3. The maximum absolute atomic E-state index is 3.56. The average Bonchev–Trinajstić information content (AvgIpc) is 2.63. The highest BCUT2D eigenvalue weighted by molar-refractivity contribution is 7.98. The van der Waals surface area contributed by atoms with Crippen LogP contribution in [0.5, 0.6) is 0 Å². The number of likely N-dealkylation sites (tertiary alicyclic amines) is 1. The van der Waals surface area contributed by atoms with Gasteiger partial charge in [-0.25, -0.2) is 0 Å². The Morgan fingerprint density at radius 2 is 2.27 bits per heavy atom. The fourth-order valence-corrected chi connectivity index (χ4v) is 2.62. The van der Waals surface area contributed by atoms with Crippen LogP contribution in [0.4, 0.5) is 0 Å². The van der Waals surface area contributed by atoms with Gasteiger partial charge in [-0.05, 0) is 44.4 Å². The highest BCUT2D eigenvalue weighted by Gasteiger charge is 2.23. The molecule has 0 aromatic heterocycles. The molecule has 1 rings (SSSR count). The third-order valence-electron chi connectivity index (χ3n) is 3.05. The van der Waals surface area contributed by atoms with Crippen LogP contribution in [-0.4, -0.2) is 48.6 Å². The zero-order valence-corrected chi connectivity index (χ0v) is 11.3. The Morgan fingerprint density at radius 1 is 1.47 bits per heavy atom. The number of hydrogen-bond acceptors (Lipinski definition) is 3. The molecule has 2 nitrogen and oxygen atoms in total. The number of nitrogens with zero attached hydrogens (tertiary/aromatic N) is 1. The van der Waals surface area contributed by atoms with Gasteiger partial charge in [-0.1, -0.05) is 13.8 Å². The fourth-order valence-electron chi connectivity index (χ4n) is 2.20. The quantitative estimate of drug-likeness (QED) is 0.675. The average molecular weight is 230 g/mol. The van der Waals surface area contributed by atoms with Crippen molar-refractivity contribution in [3.05, 3.63) is 0 Å². The highest BCUT2D eigenvalue weighted by atomic mass is 32.2. The summed E-state index contributed by atoms with van der Waals surface area (Å²) < 4.78 is 0. The van der Waals surface area contributed by atoms with Crippen molar-refractivity contribution >= 4 is 11.8 Å². The van der Waals surface area contributed by atoms with Crippen LogP contribution >= 0.6 is 11.8 Å². The molecule has 0 aliphatic carbocycles. The van der Waals surface area contributed by atoms with Crippen LogP contribution in [0, 0.1) is 0 Å². The summed E-state index contributed by atoms with van der Waals surface area (Å²) in [7, 11) is 0. The summed E-state index contributed by atoms with van der Waals surface area (Å²) in [6, 6.07) is 1.42. The molecule has 0 radical (unpaired) electrons. The Kier molecular flexibility index (Phi) is 6.69. The Balaban J connectivity index is 2.17. The minimum Gasteiger partial charge on any atom is -0.313 e.